The molecule has 8 N–H and O–H groups in total. The zero-order chi connectivity index (χ0) is 87.8. The first kappa shape index (κ1) is 86.7. The van der Waals surface area contributed by atoms with Crippen LogP contribution in [-0.2, 0) is 19.2 Å². The molecular weight excluding hydrogens is 1740 g/mol. The SMILES string of the molecule is Cc1cc(OCC(=O)NC23CC(Nc4cc(-c5ccc(Cl)cc5)ccn4)(C2)C3)ccc1Cl.Cc1cc(OCC(=O)NC23CC(Nc4cccc(-c5ccc(Cl)cc5)n4)(C2)C3)ccc1Cl.Cc1cc(OCC(=O)NC23CC(Nc4cncc(-c5ccc(Cl)cc5)n4)(C2)C3)ccc1Cl.Cc1cc(OCC(=O)NC23CC(Nc4nnc(-c5ccccc5)o4)(C2)C3)ccc1Cl. The second kappa shape index (κ2) is 35.4. The van der Waals surface area contributed by atoms with Crippen LogP contribution in [0.1, 0.15) is 99.3 Å². The van der Waals surface area contributed by atoms with E-state index in [0.717, 1.165) is 161 Å². The predicted octanol–water partition coefficient (Wildman–Crippen LogP) is 20.3. The molecule has 12 aliphatic carbocycles. The number of hydrogen-bond donors (Lipinski definition) is 8. The lowest BCUT2D eigenvalue weighted by Gasteiger charge is -2.70. The lowest BCUT2D eigenvalue weighted by Crippen LogP contribution is -2.81. The van der Waals surface area contributed by atoms with E-state index in [0.29, 0.717) is 65.0 Å². The standard InChI is InChI=1S/2C25H23Cl2N3O2.C24H22Cl2N4O2.C22H21ClN4O3/c1-16-10-20(6-7-21(16)27)32-12-23(31)30-25-13-24(14-25,15-25)29-22-11-18(8-9-28-22)17-2-4-19(26)5-3-17;1-16-11-19(9-10-20(16)27)32-12-23(31)30-25-13-24(14-25,15-25)29-22-4-2-3-21(28-22)17-5-7-18(26)8-6-17;1-15-8-18(6-7-19(15)26)32-11-22(31)30-24-12-23(13-24,14-24)29-21-10-27-9-20(28-21)16-2-4-17(25)5-3-16;1-14-9-16(7-8-17(14)23)29-10-18(28)24-21-11-22(12-21,13-21)25-20-27-26-19(30-20)15-5-3-2-4-6-15/h2*2-11H,12-15H2,1H3,(H,28,29)(H,30,31);2-10H,11-14H2,1H3,(H,28,29)(H,30,31);2-9H,10-13H2,1H3,(H,24,28)(H,25,27). The fourth-order valence-corrected chi connectivity index (χ4v) is 19.6. The molecular formula is C96H89Cl7N14O9. The van der Waals surface area contributed by atoms with E-state index >= 15 is 0 Å². The van der Waals surface area contributed by atoms with Crippen molar-refractivity contribution in [2.45, 2.75) is 149 Å². The zero-order valence-corrected chi connectivity index (χ0v) is 74.5. The average molecular weight is 1830 g/mol. The minimum atomic E-state index is -0.161. The van der Waals surface area contributed by atoms with E-state index in [1.807, 2.05) is 186 Å². The normalized spacial score (nSPS) is 23.2. The molecule has 126 heavy (non-hydrogen) atoms. The van der Waals surface area contributed by atoms with Crippen molar-refractivity contribution in [2.75, 3.05) is 47.7 Å². The number of aryl methyl sites for hydroxylation is 4. The third-order valence-electron chi connectivity index (χ3n) is 24.3. The van der Waals surface area contributed by atoms with Crippen LogP contribution in [-0.4, -0.2) is 125 Å². The summed E-state index contributed by atoms with van der Waals surface area (Å²) in [6.07, 6.45) is 15.7. The topological polar surface area (TPSA) is 292 Å². The van der Waals surface area contributed by atoms with Gasteiger partial charge in [-0.1, -0.05) is 147 Å². The zero-order valence-electron chi connectivity index (χ0n) is 69.2. The Hall–Kier alpha value is -11.4. The van der Waals surface area contributed by atoms with Crippen LogP contribution in [0.2, 0.25) is 35.2 Å². The maximum Gasteiger partial charge on any atom is 0.316 e. The number of carbonyl (C=O) groups excluding carboxylic acids is 4. The maximum absolute atomic E-state index is 12.4. The molecule has 0 radical (unpaired) electrons. The van der Waals surface area contributed by atoms with Gasteiger partial charge in [-0.05, 0) is 284 Å². The number of amides is 4. The molecule has 0 aliphatic heterocycles. The van der Waals surface area contributed by atoms with E-state index in [1.165, 1.54) is 0 Å². The number of anilines is 4. The summed E-state index contributed by atoms with van der Waals surface area (Å²) in [6.45, 7) is 7.56. The molecule has 12 aromatic rings. The van der Waals surface area contributed by atoms with E-state index in [2.05, 4.69) is 68.8 Å². The molecule has 24 rings (SSSR count). The summed E-state index contributed by atoms with van der Waals surface area (Å²) in [5, 5.41) is 39.6. The number of nitrogens with one attached hydrogen (secondary N) is 8. The summed E-state index contributed by atoms with van der Waals surface area (Å²) in [6, 6.07) is 64.5. The van der Waals surface area contributed by atoms with Gasteiger partial charge in [-0.3, -0.25) is 24.2 Å². The van der Waals surface area contributed by atoms with Crippen molar-refractivity contribution in [3.63, 3.8) is 0 Å². The Labute approximate surface area is 763 Å². The molecule has 30 heteroatoms. The van der Waals surface area contributed by atoms with Crippen LogP contribution in [0.4, 0.5) is 23.5 Å². The highest BCUT2D eigenvalue weighted by Gasteiger charge is 2.72. The number of benzene rings is 8. The third-order valence-corrected chi connectivity index (χ3v) is 26.8. The molecule has 8 bridgehead atoms. The highest BCUT2D eigenvalue weighted by molar-refractivity contribution is 6.33. The number of pyridine rings is 2. The first-order valence-corrected chi connectivity index (χ1v) is 44.0. The maximum atomic E-state index is 12.4. The van der Waals surface area contributed by atoms with Crippen molar-refractivity contribution in [1.29, 1.82) is 0 Å². The number of hydrogen-bond acceptors (Lipinski definition) is 19. The van der Waals surface area contributed by atoms with Crippen molar-refractivity contribution in [2.24, 2.45) is 0 Å². The van der Waals surface area contributed by atoms with Crippen molar-refractivity contribution < 1.29 is 42.5 Å². The summed E-state index contributed by atoms with van der Waals surface area (Å²) < 4.78 is 28.2. The Bertz CT molecular complexity index is 5590. The second-order valence-electron chi connectivity index (χ2n) is 34.8. The van der Waals surface area contributed by atoms with E-state index in [4.69, 9.17) is 115 Å². The van der Waals surface area contributed by atoms with Crippen LogP contribution in [0, 0.1) is 27.7 Å². The molecule has 4 heterocycles. The van der Waals surface area contributed by atoms with Crippen molar-refractivity contribution in [3.8, 4) is 68.1 Å². The van der Waals surface area contributed by atoms with Crippen LogP contribution < -0.4 is 61.5 Å². The number of halogens is 7. The second-order valence-corrected chi connectivity index (χ2v) is 37.7. The minimum Gasteiger partial charge on any atom is -0.484 e. The average Bonchev–Trinajstić information content (AvgIpc) is 0.739. The molecule has 4 amide bonds. The van der Waals surface area contributed by atoms with Crippen LogP contribution in [0.15, 0.2) is 229 Å². The summed E-state index contributed by atoms with van der Waals surface area (Å²) in [4.78, 5) is 67.7. The van der Waals surface area contributed by atoms with Gasteiger partial charge < -0.3 is 65.9 Å². The largest absolute Gasteiger partial charge is 0.484 e. The summed E-state index contributed by atoms with van der Waals surface area (Å²) in [5.41, 5.74) is 9.75. The Morgan fingerprint density at radius 3 is 1.10 bits per heavy atom. The van der Waals surface area contributed by atoms with Gasteiger partial charge >= 0.3 is 6.01 Å². The van der Waals surface area contributed by atoms with E-state index in [9.17, 15) is 19.2 Å². The predicted molar refractivity (Wildman–Crippen MR) is 493 cm³/mol. The van der Waals surface area contributed by atoms with Gasteiger partial charge in [-0.15, -0.1) is 5.10 Å². The first-order chi connectivity index (χ1) is 60.5. The Balaban J connectivity index is 0.000000119. The van der Waals surface area contributed by atoms with Crippen LogP contribution in [0.25, 0.3) is 45.1 Å². The Kier molecular flexibility index (Phi) is 24.4. The fraction of sp³-hybridized carbons (Fsp3) is 0.292. The van der Waals surface area contributed by atoms with Crippen LogP contribution in [0.3, 0.4) is 0 Å². The Morgan fingerprint density at radius 1 is 0.333 bits per heavy atom. The number of nitrogens with zero attached hydrogens (tertiary/aromatic N) is 6. The molecule has 0 saturated heterocycles. The molecule has 12 saturated carbocycles. The van der Waals surface area contributed by atoms with Gasteiger partial charge in [0.2, 0.25) is 5.89 Å². The van der Waals surface area contributed by atoms with Gasteiger partial charge in [0.1, 0.15) is 40.5 Å². The third kappa shape index (κ3) is 19.9. The molecule has 4 aromatic heterocycles. The monoisotopic (exact) mass is 1830 g/mol. The van der Waals surface area contributed by atoms with Gasteiger partial charge in [0, 0.05) is 102 Å². The molecule has 0 unspecified atom stereocenters. The van der Waals surface area contributed by atoms with Crippen molar-refractivity contribution in [3.05, 3.63) is 282 Å². The first-order valence-electron chi connectivity index (χ1n) is 41.3. The van der Waals surface area contributed by atoms with Gasteiger partial charge in [0.25, 0.3) is 23.6 Å². The molecule has 23 nitrogen and oxygen atoms in total. The highest BCUT2D eigenvalue weighted by atomic mass is 35.5. The van der Waals surface area contributed by atoms with Crippen molar-refractivity contribution >= 4 is 128 Å². The Morgan fingerprint density at radius 2 is 0.698 bits per heavy atom. The van der Waals surface area contributed by atoms with E-state index in [-0.39, 0.29) is 94.4 Å². The number of aromatic nitrogens is 6. The summed E-state index contributed by atoms with van der Waals surface area (Å²) >= 11 is 42.0. The van der Waals surface area contributed by atoms with Gasteiger partial charge in [-0.2, -0.15) is 0 Å². The molecule has 8 aromatic carbocycles. The van der Waals surface area contributed by atoms with Crippen LogP contribution >= 0.6 is 81.2 Å². The highest BCUT2D eigenvalue weighted by Crippen LogP contribution is 2.65. The molecule has 0 atom stereocenters. The minimum absolute atomic E-state index is 0.00601. The smallest absolute Gasteiger partial charge is 0.316 e. The lowest BCUT2D eigenvalue weighted by molar-refractivity contribution is -0.136. The summed E-state index contributed by atoms with van der Waals surface area (Å²) in [7, 11) is 0. The lowest BCUT2D eigenvalue weighted by atomic mass is 9.44. The quantitative estimate of drug-likeness (QED) is 0.0226. The van der Waals surface area contributed by atoms with Gasteiger partial charge in [-0.25, -0.2) is 15.0 Å². The van der Waals surface area contributed by atoms with Gasteiger partial charge in [0.15, 0.2) is 26.4 Å². The van der Waals surface area contributed by atoms with Gasteiger partial charge in [0.05, 0.1) is 23.8 Å². The fourth-order valence-electron chi connectivity index (χ4n) is 18.8. The summed E-state index contributed by atoms with van der Waals surface area (Å²) in [5.74, 6) is 5.02. The molecule has 646 valence electrons. The molecule has 0 spiro atoms. The number of ether oxygens (including phenoxy) is 4. The molecule has 12 aliphatic rings. The molecule has 12 fully saturated rings. The number of rotatable bonds is 28. The van der Waals surface area contributed by atoms with E-state index in [1.54, 1.807) is 60.9 Å². The van der Waals surface area contributed by atoms with Crippen molar-refractivity contribution in [1.82, 2.24) is 51.4 Å². The van der Waals surface area contributed by atoms with E-state index < -0.39 is 0 Å². The van der Waals surface area contributed by atoms with Crippen LogP contribution in [0.5, 0.6) is 23.0 Å². The number of carbonyl (C=O) groups is 4.